The fourth-order valence-corrected chi connectivity index (χ4v) is 1.02. The predicted molar refractivity (Wildman–Crippen MR) is 45.4 cm³/mol. The molecule has 0 atom stereocenters. The van der Waals surface area contributed by atoms with E-state index in [1.165, 1.54) is 12.1 Å². The van der Waals surface area contributed by atoms with E-state index >= 15 is 0 Å². The molecular weight excluding hydrogens is 195 g/mol. The molecule has 1 aromatic carbocycles. The highest BCUT2D eigenvalue weighted by atomic mass is 19.4. The van der Waals surface area contributed by atoms with Gasteiger partial charge in [0.15, 0.2) is 0 Å². The van der Waals surface area contributed by atoms with Gasteiger partial charge in [0.25, 0.3) is 0 Å². The number of oxime groups is 1. The zero-order valence-electron chi connectivity index (χ0n) is 7.12. The fraction of sp³-hybridized carbons (Fsp3) is 0.222. The quantitative estimate of drug-likeness (QED) is 0.447. The Morgan fingerprint density at radius 2 is 1.79 bits per heavy atom. The topological polar surface area (TPSA) is 32.6 Å². The summed E-state index contributed by atoms with van der Waals surface area (Å²) in [6.45, 7) is 0. The monoisotopic (exact) mass is 203 g/mol. The van der Waals surface area contributed by atoms with E-state index in [1.807, 2.05) is 0 Å². The standard InChI is InChI=1S/C9H8F3NO/c10-9(11,12)6-8(13-14)7-4-2-1-3-5-7/h1-5,14H,6H2/b13-8+. The Hall–Kier alpha value is -1.52. The first-order chi connectivity index (χ1) is 6.53. The van der Waals surface area contributed by atoms with E-state index in [9.17, 15) is 13.2 Å². The van der Waals surface area contributed by atoms with Crippen LogP contribution in [-0.4, -0.2) is 17.1 Å². The summed E-state index contributed by atoms with van der Waals surface area (Å²) in [5.74, 6) is 0. The second-order valence-corrected chi connectivity index (χ2v) is 2.70. The average molecular weight is 203 g/mol. The first-order valence-electron chi connectivity index (χ1n) is 3.86. The van der Waals surface area contributed by atoms with E-state index in [-0.39, 0.29) is 11.3 Å². The van der Waals surface area contributed by atoms with Gasteiger partial charge in [-0.1, -0.05) is 35.5 Å². The van der Waals surface area contributed by atoms with Crippen molar-refractivity contribution in [2.24, 2.45) is 5.16 Å². The second kappa shape index (κ2) is 4.13. The molecule has 1 aromatic rings. The fourth-order valence-electron chi connectivity index (χ4n) is 1.02. The van der Waals surface area contributed by atoms with Gasteiger partial charge in [0.1, 0.15) is 0 Å². The largest absolute Gasteiger partial charge is 0.411 e. The molecule has 0 aromatic heterocycles. The van der Waals surface area contributed by atoms with Gasteiger partial charge in [-0.15, -0.1) is 0 Å². The zero-order chi connectivity index (χ0) is 10.6. The zero-order valence-corrected chi connectivity index (χ0v) is 7.12. The van der Waals surface area contributed by atoms with Gasteiger partial charge < -0.3 is 5.21 Å². The SMILES string of the molecule is O/N=C(\CC(F)(F)F)c1ccccc1. The maximum atomic E-state index is 12.0. The summed E-state index contributed by atoms with van der Waals surface area (Å²) in [6, 6.07) is 7.75. The highest BCUT2D eigenvalue weighted by Gasteiger charge is 2.30. The van der Waals surface area contributed by atoms with Gasteiger partial charge in [-0.2, -0.15) is 13.2 Å². The summed E-state index contributed by atoms with van der Waals surface area (Å²) < 4.78 is 36.0. The van der Waals surface area contributed by atoms with Crippen LogP contribution in [-0.2, 0) is 0 Å². The molecule has 76 valence electrons. The third-order valence-corrected chi connectivity index (χ3v) is 1.60. The Balaban J connectivity index is 2.85. The molecule has 2 nitrogen and oxygen atoms in total. The third kappa shape index (κ3) is 3.08. The van der Waals surface area contributed by atoms with E-state index in [1.54, 1.807) is 18.2 Å². The van der Waals surface area contributed by atoms with Gasteiger partial charge >= 0.3 is 6.18 Å². The highest BCUT2D eigenvalue weighted by molar-refractivity contribution is 6.00. The van der Waals surface area contributed by atoms with Crippen LogP contribution in [0.2, 0.25) is 0 Å². The lowest BCUT2D eigenvalue weighted by Gasteiger charge is -2.07. The number of rotatable bonds is 2. The molecule has 0 unspecified atom stereocenters. The Bertz CT molecular complexity index is 319. The highest BCUT2D eigenvalue weighted by Crippen LogP contribution is 2.22. The van der Waals surface area contributed by atoms with E-state index in [2.05, 4.69) is 5.16 Å². The molecule has 1 N–H and O–H groups in total. The van der Waals surface area contributed by atoms with E-state index in [4.69, 9.17) is 5.21 Å². The van der Waals surface area contributed by atoms with Crippen LogP contribution in [0.5, 0.6) is 0 Å². The molecule has 5 heteroatoms. The molecule has 0 radical (unpaired) electrons. The van der Waals surface area contributed by atoms with Crippen molar-refractivity contribution in [2.45, 2.75) is 12.6 Å². The van der Waals surface area contributed by atoms with Gasteiger partial charge in [-0.05, 0) is 5.56 Å². The maximum absolute atomic E-state index is 12.0. The molecule has 0 bridgehead atoms. The van der Waals surface area contributed by atoms with Crippen molar-refractivity contribution >= 4 is 5.71 Å². The molecular formula is C9H8F3NO. The van der Waals surface area contributed by atoms with Crippen molar-refractivity contribution in [3.8, 4) is 0 Å². The molecule has 1 rings (SSSR count). The maximum Gasteiger partial charge on any atom is 0.394 e. The van der Waals surface area contributed by atoms with Crippen LogP contribution in [0.1, 0.15) is 12.0 Å². The molecule has 0 aliphatic rings. The van der Waals surface area contributed by atoms with E-state index in [0.717, 1.165) is 0 Å². The van der Waals surface area contributed by atoms with Gasteiger partial charge in [0.2, 0.25) is 0 Å². The first kappa shape index (κ1) is 10.6. The molecule has 0 fully saturated rings. The molecule has 0 amide bonds. The minimum Gasteiger partial charge on any atom is -0.411 e. The number of benzene rings is 1. The molecule has 0 spiro atoms. The minimum atomic E-state index is -4.36. The van der Waals surface area contributed by atoms with Crippen molar-refractivity contribution in [3.05, 3.63) is 35.9 Å². The number of hydrogen-bond acceptors (Lipinski definition) is 2. The van der Waals surface area contributed by atoms with E-state index in [0.29, 0.717) is 0 Å². The molecule has 14 heavy (non-hydrogen) atoms. The summed E-state index contributed by atoms with van der Waals surface area (Å²) in [6.07, 6.45) is -5.59. The Morgan fingerprint density at radius 3 is 2.21 bits per heavy atom. The lowest BCUT2D eigenvalue weighted by atomic mass is 10.1. The molecule has 0 saturated carbocycles. The Labute approximate surface area is 78.7 Å². The molecule has 0 heterocycles. The van der Waals surface area contributed by atoms with Crippen LogP contribution in [0.3, 0.4) is 0 Å². The number of nitrogens with zero attached hydrogens (tertiary/aromatic N) is 1. The Morgan fingerprint density at radius 1 is 1.21 bits per heavy atom. The lowest BCUT2D eigenvalue weighted by Crippen LogP contribution is -2.15. The number of alkyl halides is 3. The summed E-state index contributed by atoms with van der Waals surface area (Å²) in [7, 11) is 0. The van der Waals surface area contributed by atoms with Crippen molar-refractivity contribution in [2.75, 3.05) is 0 Å². The van der Waals surface area contributed by atoms with Crippen molar-refractivity contribution in [3.63, 3.8) is 0 Å². The summed E-state index contributed by atoms with van der Waals surface area (Å²) in [5, 5.41) is 11.1. The van der Waals surface area contributed by atoms with Crippen LogP contribution in [0.25, 0.3) is 0 Å². The average Bonchev–Trinajstić information content (AvgIpc) is 2.14. The summed E-state index contributed by atoms with van der Waals surface area (Å²) in [4.78, 5) is 0. The van der Waals surface area contributed by atoms with Crippen LogP contribution >= 0.6 is 0 Å². The van der Waals surface area contributed by atoms with Crippen molar-refractivity contribution in [1.82, 2.24) is 0 Å². The summed E-state index contributed by atoms with van der Waals surface area (Å²) >= 11 is 0. The second-order valence-electron chi connectivity index (χ2n) is 2.70. The van der Waals surface area contributed by atoms with Crippen LogP contribution in [0.4, 0.5) is 13.2 Å². The van der Waals surface area contributed by atoms with Crippen molar-refractivity contribution in [1.29, 1.82) is 0 Å². The lowest BCUT2D eigenvalue weighted by molar-refractivity contribution is -0.121. The molecule has 0 aliphatic heterocycles. The number of hydrogen-bond donors (Lipinski definition) is 1. The Kier molecular flexibility index (Phi) is 3.11. The van der Waals surface area contributed by atoms with E-state index < -0.39 is 12.6 Å². The van der Waals surface area contributed by atoms with Gasteiger partial charge in [-0.3, -0.25) is 0 Å². The van der Waals surface area contributed by atoms with Crippen LogP contribution in [0, 0.1) is 0 Å². The molecule has 0 saturated heterocycles. The van der Waals surface area contributed by atoms with Crippen LogP contribution < -0.4 is 0 Å². The third-order valence-electron chi connectivity index (χ3n) is 1.60. The predicted octanol–water partition coefficient (Wildman–Crippen LogP) is 2.82. The van der Waals surface area contributed by atoms with Gasteiger partial charge in [0, 0.05) is 0 Å². The summed E-state index contributed by atoms with van der Waals surface area (Å²) in [5.41, 5.74) is -0.106. The smallest absolute Gasteiger partial charge is 0.394 e. The normalized spacial score (nSPS) is 12.9. The minimum absolute atomic E-state index is 0.271. The number of halogens is 3. The van der Waals surface area contributed by atoms with Gasteiger partial charge in [0.05, 0.1) is 12.1 Å². The molecule has 0 aliphatic carbocycles. The first-order valence-corrected chi connectivity index (χ1v) is 3.86. The van der Waals surface area contributed by atoms with Gasteiger partial charge in [-0.25, -0.2) is 0 Å². The van der Waals surface area contributed by atoms with Crippen LogP contribution in [0.15, 0.2) is 35.5 Å². The van der Waals surface area contributed by atoms with Crippen molar-refractivity contribution < 1.29 is 18.4 Å².